The lowest BCUT2D eigenvalue weighted by atomic mass is 10.00. The lowest BCUT2D eigenvalue weighted by molar-refractivity contribution is 0.00712. The first-order valence-corrected chi connectivity index (χ1v) is 8.87. The molecular formula is C18H37O2. The molecule has 0 aromatic heterocycles. The molecular weight excluding hydrogens is 248 g/mol. The molecule has 2 atom stereocenters. The van der Waals surface area contributed by atoms with E-state index in [9.17, 15) is 10.2 Å². The highest BCUT2D eigenvalue weighted by molar-refractivity contribution is 4.67. The highest BCUT2D eigenvalue weighted by atomic mass is 16.3. The molecule has 0 saturated heterocycles. The quantitative estimate of drug-likeness (QED) is 0.415. The van der Waals surface area contributed by atoms with Crippen LogP contribution in [0.5, 0.6) is 0 Å². The van der Waals surface area contributed by atoms with Gasteiger partial charge < -0.3 is 10.2 Å². The standard InChI is InChI=1S/C18H37O2/c1-3-5-7-9-11-13-15-17(19)18(20)16-14-12-10-8-6-4-2/h17-20H,1,3-16H2,2H3. The van der Waals surface area contributed by atoms with Gasteiger partial charge in [0.1, 0.15) is 0 Å². The van der Waals surface area contributed by atoms with Crippen LogP contribution in [0.15, 0.2) is 0 Å². The molecule has 2 heteroatoms. The summed E-state index contributed by atoms with van der Waals surface area (Å²) in [5.74, 6) is 0. The Morgan fingerprint density at radius 3 is 1.50 bits per heavy atom. The van der Waals surface area contributed by atoms with E-state index in [0.29, 0.717) is 0 Å². The lowest BCUT2D eigenvalue weighted by Crippen LogP contribution is -2.25. The third kappa shape index (κ3) is 12.9. The fourth-order valence-corrected chi connectivity index (χ4v) is 2.58. The fraction of sp³-hybridized carbons (Fsp3) is 0.944. The topological polar surface area (TPSA) is 40.5 Å². The van der Waals surface area contributed by atoms with Crippen LogP contribution in [0.3, 0.4) is 0 Å². The van der Waals surface area contributed by atoms with E-state index in [2.05, 4.69) is 13.8 Å². The van der Waals surface area contributed by atoms with E-state index in [1.165, 1.54) is 57.8 Å². The minimum Gasteiger partial charge on any atom is -0.390 e. The molecule has 0 aliphatic rings. The van der Waals surface area contributed by atoms with E-state index in [0.717, 1.165) is 32.1 Å². The minimum atomic E-state index is -0.515. The van der Waals surface area contributed by atoms with Crippen molar-refractivity contribution in [1.29, 1.82) is 0 Å². The van der Waals surface area contributed by atoms with Gasteiger partial charge in [0.2, 0.25) is 0 Å². The van der Waals surface area contributed by atoms with E-state index >= 15 is 0 Å². The summed E-state index contributed by atoms with van der Waals surface area (Å²) in [4.78, 5) is 0. The largest absolute Gasteiger partial charge is 0.390 e. The number of unbranched alkanes of at least 4 members (excludes halogenated alkanes) is 10. The van der Waals surface area contributed by atoms with Gasteiger partial charge in [-0.2, -0.15) is 0 Å². The number of aliphatic hydroxyl groups is 2. The van der Waals surface area contributed by atoms with Crippen LogP contribution in [0.1, 0.15) is 96.8 Å². The molecule has 0 saturated carbocycles. The molecule has 0 amide bonds. The van der Waals surface area contributed by atoms with Crippen molar-refractivity contribution in [3.8, 4) is 0 Å². The fourth-order valence-electron chi connectivity index (χ4n) is 2.58. The molecule has 0 aliphatic heterocycles. The Balaban J connectivity index is 3.35. The zero-order valence-corrected chi connectivity index (χ0v) is 13.7. The van der Waals surface area contributed by atoms with Crippen molar-refractivity contribution >= 4 is 0 Å². The molecule has 2 N–H and O–H groups in total. The normalized spacial score (nSPS) is 14.4. The number of aliphatic hydroxyl groups excluding tert-OH is 2. The van der Waals surface area contributed by atoms with Crippen LogP contribution in [-0.4, -0.2) is 22.4 Å². The number of hydrogen-bond donors (Lipinski definition) is 2. The van der Waals surface area contributed by atoms with Crippen molar-refractivity contribution in [3.63, 3.8) is 0 Å². The first kappa shape index (κ1) is 19.9. The molecule has 0 aromatic carbocycles. The predicted molar refractivity (Wildman–Crippen MR) is 87.7 cm³/mol. The monoisotopic (exact) mass is 285 g/mol. The van der Waals surface area contributed by atoms with E-state index in [1.54, 1.807) is 0 Å². The average Bonchev–Trinajstić information content (AvgIpc) is 2.45. The molecule has 0 rings (SSSR count). The molecule has 0 aromatic rings. The summed E-state index contributed by atoms with van der Waals surface area (Å²) in [6.45, 7) is 6.06. The van der Waals surface area contributed by atoms with Crippen molar-refractivity contribution in [3.05, 3.63) is 6.92 Å². The van der Waals surface area contributed by atoms with Gasteiger partial charge in [0.05, 0.1) is 12.2 Å². The van der Waals surface area contributed by atoms with Crippen LogP contribution < -0.4 is 0 Å². The molecule has 0 aliphatic carbocycles. The second-order valence-corrected chi connectivity index (χ2v) is 6.10. The zero-order chi connectivity index (χ0) is 15.1. The Kier molecular flexibility index (Phi) is 15.3. The van der Waals surface area contributed by atoms with E-state index in [1.807, 2.05) is 0 Å². The third-order valence-corrected chi connectivity index (χ3v) is 4.05. The van der Waals surface area contributed by atoms with E-state index in [-0.39, 0.29) is 0 Å². The first-order valence-electron chi connectivity index (χ1n) is 8.87. The molecule has 0 spiro atoms. The Bertz CT molecular complexity index is 162. The average molecular weight is 285 g/mol. The summed E-state index contributed by atoms with van der Waals surface area (Å²) in [5.41, 5.74) is 0. The summed E-state index contributed by atoms with van der Waals surface area (Å²) >= 11 is 0. The highest BCUT2D eigenvalue weighted by Gasteiger charge is 2.14. The van der Waals surface area contributed by atoms with Gasteiger partial charge >= 0.3 is 0 Å². The van der Waals surface area contributed by atoms with Gasteiger partial charge in [0.25, 0.3) is 0 Å². The molecule has 0 bridgehead atoms. The van der Waals surface area contributed by atoms with Gasteiger partial charge in [-0.15, -0.1) is 0 Å². The summed E-state index contributed by atoms with van der Waals surface area (Å²) in [7, 11) is 0. The second-order valence-electron chi connectivity index (χ2n) is 6.10. The summed E-state index contributed by atoms with van der Waals surface area (Å²) < 4.78 is 0. The van der Waals surface area contributed by atoms with Crippen LogP contribution in [0.2, 0.25) is 0 Å². The third-order valence-electron chi connectivity index (χ3n) is 4.05. The van der Waals surface area contributed by atoms with Gasteiger partial charge in [-0.1, -0.05) is 90.9 Å². The minimum absolute atomic E-state index is 0.513. The molecule has 0 heterocycles. The highest BCUT2D eigenvalue weighted by Crippen LogP contribution is 2.14. The Morgan fingerprint density at radius 2 is 1.05 bits per heavy atom. The van der Waals surface area contributed by atoms with Crippen LogP contribution in [0, 0.1) is 6.92 Å². The first-order chi connectivity index (χ1) is 9.72. The van der Waals surface area contributed by atoms with Crippen molar-refractivity contribution in [2.45, 2.75) is 109 Å². The van der Waals surface area contributed by atoms with E-state index in [4.69, 9.17) is 0 Å². The lowest BCUT2D eigenvalue weighted by Gasteiger charge is -2.17. The van der Waals surface area contributed by atoms with Crippen LogP contribution in [0.25, 0.3) is 0 Å². The van der Waals surface area contributed by atoms with Crippen LogP contribution in [0.4, 0.5) is 0 Å². The molecule has 1 radical (unpaired) electrons. The summed E-state index contributed by atoms with van der Waals surface area (Å²) in [6.07, 6.45) is 14.8. The number of rotatable bonds is 15. The maximum Gasteiger partial charge on any atom is 0.0799 e. The SMILES string of the molecule is [CH2]CCCCCCCC(O)C(O)CCCCCCCC. The van der Waals surface area contributed by atoms with Crippen molar-refractivity contribution < 1.29 is 10.2 Å². The maximum atomic E-state index is 9.90. The molecule has 20 heavy (non-hydrogen) atoms. The Labute approximate surface area is 127 Å². The Hall–Kier alpha value is -0.0800. The van der Waals surface area contributed by atoms with Gasteiger partial charge in [-0.3, -0.25) is 0 Å². The van der Waals surface area contributed by atoms with Crippen molar-refractivity contribution in [1.82, 2.24) is 0 Å². The summed E-state index contributed by atoms with van der Waals surface area (Å²) in [5, 5.41) is 19.8. The van der Waals surface area contributed by atoms with Gasteiger partial charge in [0, 0.05) is 0 Å². The second kappa shape index (κ2) is 15.3. The van der Waals surface area contributed by atoms with Crippen molar-refractivity contribution in [2.24, 2.45) is 0 Å². The van der Waals surface area contributed by atoms with Gasteiger partial charge in [-0.25, -0.2) is 0 Å². The number of hydrogen-bond acceptors (Lipinski definition) is 2. The van der Waals surface area contributed by atoms with E-state index < -0.39 is 12.2 Å². The van der Waals surface area contributed by atoms with Crippen LogP contribution in [-0.2, 0) is 0 Å². The van der Waals surface area contributed by atoms with Crippen molar-refractivity contribution in [2.75, 3.05) is 0 Å². The van der Waals surface area contributed by atoms with Gasteiger partial charge in [-0.05, 0) is 12.8 Å². The molecule has 2 unspecified atom stereocenters. The molecule has 0 fully saturated rings. The Morgan fingerprint density at radius 1 is 0.650 bits per heavy atom. The molecule has 2 nitrogen and oxygen atoms in total. The van der Waals surface area contributed by atoms with Gasteiger partial charge in [0.15, 0.2) is 0 Å². The zero-order valence-electron chi connectivity index (χ0n) is 13.7. The summed E-state index contributed by atoms with van der Waals surface area (Å²) in [6, 6.07) is 0. The maximum absolute atomic E-state index is 9.90. The smallest absolute Gasteiger partial charge is 0.0799 e. The molecule has 121 valence electrons. The van der Waals surface area contributed by atoms with Crippen LogP contribution >= 0.6 is 0 Å². The predicted octanol–water partition coefficient (Wildman–Crippen LogP) is 5.02.